The Bertz CT molecular complexity index is 385. The summed E-state index contributed by atoms with van der Waals surface area (Å²) in [5.41, 5.74) is 4.26. The second-order valence-electron chi connectivity index (χ2n) is 5.53. The minimum absolute atomic E-state index is 0.774. The molecule has 100 valence electrons. The number of benzene rings is 1. The molecule has 1 fully saturated rings. The van der Waals surface area contributed by atoms with Gasteiger partial charge in [0.25, 0.3) is 0 Å². The lowest BCUT2D eigenvalue weighted by Gasteiger charge is -2.38. The van der Waals surface area contributed by atoms with Crippen LogP contribution in [0.4, 0.5) is 0 Å². The smallest absolute Gasteiger partial charge is 0.0239 e. The molecule has 0 aliphatic heterocycles. The summed E-state index contributed by atoms with van der Waals surface area (Å²) >= 11 is 5.84. The quantitative estimate of drug-likeness (QED) is 0.694. The van der Waals surface area contributed by atoms with Gasteiger partial charge < -0.3 is 0 Å². The molecule has 0 N–H and O–H groups in total. The van der Waals surface area contributed by atoms with E-state index in [1.807, 2.05) is 0 Å². The molecule has 0 saturated heterocycles. The molecule has 0 bridgehead atoms. The second kappa shape index (κ2) is 6.58. The zero-order valence-corrected chi connectivity index (χ0v) is 12.3. The van der Waals surface area contributed by atoms with Crippen molar-refractivity contribution in [3.63, 3.8) is 0 Å². The number of aryl methyl sites for hydroxylation is 2. The molecular weight excluding hydrogens is 242 g/mol. The molecular formula is C16H24ClN. The van der Waals surface area contributed by atoms with Crippen molar-refractivity contribution in [3.8, 4) is 0 Å². The van der Waals surface area contributed by atoms with Crippen molar-refractivity contribution < 1.29 is 0 Å². The SMILES string of the molecule is Cc1ccc(C)c(CN(CCCCl)C2CCC2)c1. The first kappa shape index (κ1) is 13.9. The first-order valence-corrected chi connectivity index (χ1v) is 7.60. The standard InChI is InChI=1S/C16H24ClN/c1-13-7-8-14(2)15(11-13)12-18(10-4-9-17)16-5-3-6-16/h7-8,11,16H,3-6,9-10,12H2,1-2H3. The van der Waals surface area contributed by atoms with Crippen LogP contribution in [0.2, 0.25) is 0 Å². The second-order valence-corrected chi connectivity index (χ2v) is 5.91. The molecule has 0 unspecified atom stereocenters. The summed E-state index contributed by atoms with van der Waals surface area (Å²) in [4.78, 5) is 2.63. The van der Waals surface area contributed by atoms with Crippen molar-refractivity contribution >= 4 is 11.6 Å². The van der Waals surface area contributed by atoms with Crippen LogP contribution in [0.3, 0.4) is 0 Å². The van der Waals surface area contributed by atoms with Crippen molar-refractivity contribution in [1.82, 2.24) is 4.90 Å². The first-order valence-electron chi connectivity index (χ1n) is 7.07. The normalized spacial score (nSPS) is 16.0. The number of nitrogens with zero attached hydrogens (tertiary/aromatic N) is 1. The van der Waals surface area contributed by atoms with Crippen molar-refractivity contribution in [1.29, 1.82) is 0 Å². The molecule has 0 atom stereocenters. The molecule has 1 nitrogen and oxygen atoms in total. The van der Waals surface area contributed by atoms with Crippen molar-refractivity contribution in [2.75, 3.05) is 12.4 Å². The fourth-order valence-electron chi connectivity index (χ4n) is 2.59. The van der Waals surface area contributed by atoms with Crippen molar-refractivity contribution in [2.45, 2.75) is 52.1 Å². The Kier molecular flexibility index (Phi) is 5.08. The summed E-state index contributed by atoms with van der Waals surface area (Å²) in [6.07, 6.45) is 5.23. The van der Waals surface area contributed by atoms with E-state index in [2.05, 4.69) is 36.9 Å². The molecule has 0 heterocycles. The third-order valence-corrected chi connectivity index (χ3v) is 4.32. The maximum atomic E-state index is 5.84. The van der Waals surface area contributed by atoms with E-state index in [4.69, 9.17) is 11.6 Å². The summed E-state index contributed by atoms with van der Waals surface area (Å²) in [5, 5.41) is 0. The third kappa shape index (κ3) is 3.49. The highest BCUT2D eigenvalue weighted by atomic mass is 35.5. The molecule has 1 saturated carbocycles. The summed E-state index contributed by atoms with van der Waals surface area (Å²) in [7, 11) is 0. The predicted octanol–water partition coefficient (Wildman–Crippen LogP) is 4.29. The lowest BCUT2D eigenvalue weighted by atomic mass is 9.90. The predicted molar refractivity (Wildman–Crippen MR) is 79.3 cm³/mol. The Morgan fingerprint density at radius 2 is 2.06 bits per heavy atom. The average molecular weight is 266 g/mol. The third-order valence-electron chi connectivity index (χ3n) is 4.05. The van der Waals surface area contributed by atoms with E-state index in [1.165, 1.54) is 36.0 Å². The van der Waals surface area contributed by atoms with E-state index < -0.39 is 0 Å². The van der Waals surface area contributed by atoms with E-state index in [-0.39, 0.29) is 0 Å². The summed E-state index contributed by atoms with van der Waals surface area (Å²) in [6, 6.07) is 7.58. The highest BCUT2D eigenvalue weighted by Crippen LogP contribution is 2.27. The van der Waals surface area contributed by atoms with Gasteiger partial charge in [-0.25, -0.2) is 0 Å². The Morgan fingerprint density at radius 3 is 2.67 bits per heavy atom. The van der Waals surface area contributed by atoms with Crippen molar-refractivity contribution in [3.05, 3.63) is 34.9 Å². The largest absolute Gasteiger partial charge is 0.296 e. The van der Waals surface area contributed by atoms with Crippen LogP contribution in [-0.4, -0.2) is 23.4 Å². The summed E-state index contributed by atoms with van der Waals surface area (Å²) < 4.78 is 0. The monoisotopic (exact) mass is 265 g/mol. The van der Waals surface area contributed by atoms with Crippen molar-refractivity contribution in [2.24, 2.45) is 0 Å². The molecule has 18 heavy (non-hydrogen) atoms. The van der Waals surface area contributed by atoms with Gasteiger partial charge in [-0.05, 0) is 50.8 Å². The Hall–Kier alpha value is -0.530. The molecule has 0 spiro atoms. The van der Waals surface area contributed by atoms with Crippen LogP contribution < -0.4 is 0 Å². The molecule has 2 rings (SSSR count). The number of halogens is 1. The lowest BCUT2D eigenvalue weighted by Crippen LogP contribution is -2.40. The van der Waals surface area contributed by atoms with Gasteiger partial charge in [-0.2, -0.15) is 0 Å². The Morgan fingerprint density at radius 1 is 1.28 bits per heavy atom. The van der Waals surface area contributed by atoms with Gasteiger partial charge in [-0.15, -0.1) is 11.6 Å². The van der Waals surface area contributed by atoms with E-state index in [0.717, 1.165) is 31.4 Å². The van der Waals surface area contributed by atoms with E-state index in [9.17, 15) is 0 Å². The van der Waals surface area contributed by atoms with Crippen LogP contribution in [0.25, 0.3) is 0 Å². The fourth-order valence-corrected chi connectivity index (χ4v) is 2.71. The average Bonchev–Trinajstić information content (AvgIpc) is 2.28. The van der Waals surface area contributed by atoms with E-state index >= 15 is 0 Å². The lowest BCUT2D eigenvalue weighted by molar-refractivity contribution is 0.119. The minimum atomic E-state index is 0.774. The van der Waals surface area contributed by atoms with Crippen LogP contribution in [0.1, 0.15) is 42.4 Å². The van der Waals surface area contributed by atoms with Crippen LogP contribution in [0.15, 0.2) is 18.2 Å². The first-order chi connectivity index (χ1) is 8.70. The topological polar surface area (TPSA) is 3.24 Å². The number of alkyl halides is 1. The van der Waals surface area contributed by atoms with Gasteiger partial charge in [0, 0.05) is 18.5 Å². The van der Waals surface area contributed by atoms with Gasteiger partial charge in [0.15, 0.2) is 0 Å². The highest BCUT2D eigenvalue weighted by molar-refractivity contribution is 6.17. The molecule has 2 heteroatoms. The molecule has 0 radical (unpaired) electrons. The van der Waals surface area contributed by atoms with Crippen LogP contribution in [-0.2, 0) is 6.54 Å². The molecule has 0 aromatic heterocycles. The van der Waals surface area contributed by atoms with E-state index in [0.29, 0.717) is 0 Å². The Balaban J connectivity index is 2.04. The maximum Gasteiger partial charge on any atom is 0.0239 e. The molecule has 0 amide bonds. The number of hydrogen-bond donors (Lipinski definition) is 0. The van der Waals surface area contributed by atoms with Crippen LogP contribution in [0, 0.1) is 13.8 Å². The minimum Gasteiger partial charge on any atom is -0.296 e. The fraction of sp³-hybridized carbons (Fsp3) is 0.625. The van der Waals surface area contributed by atoms with Gasteiger partial charge in [-0.1, -0.05) is 30.2 Å². The number of rotatable bonds is 6. The van der Waals surface area contributed by atoms with Gasteiger partial charge in [0.1, 0.15) is 0 Å². The summed E-state index contributed by atoms with van der Waals surface area (Å²) in [6.45, 7) is 6.63. The van der Waals surface area contributed by atoms with E-state index in [1.54, 1.807) is 0 Å². The van der Waals surface area contributed by atoms with Gasteiger partial charge in [-0.3, -0.25) is 4.90 Å². The van der Waals surface area contributed by atoms with Gasteiger partial charge >= 0.3 is 0 Å². The zero-order chi connectivity index (χ0) is 13.0. The summed E-state index contributed by atoms with van der Waals surface area (Å²) in [5.74, 6) is 0.774. The molecule has 1 aliphatic carbocycles. The Labute approximate surface area is 116 Å². The zero-order valence-electron chi connectivity index (χ0n) is 11.6. The van der Waals surface area contributed by atoms with Crippen LogP contribution in [0.5, 0.6) is 0 Å². The molecule has 1 aromatic rings. The highest BCUT2D eigenvalue weighted by Gasteiger charge is 2.24. The molecule has 1 aromatic carbocycles. The van der Waals surface area contributed by atoms with Gasteiger partial charge in [0.05, 0.1) is 0 Å². The van der Waals surface area contributed by atoms with Crippen LogP contribution >= 0.6 is 11.6 Å². The number of hydrogen-bond acceptors (Lipinski definition) is 1. The molecule has 1 aliphatic rings. The van der Waals surface area contributed by atoms with Gasteiger partial charge in [0.2, 0.25) is 0 Å². The maximum absolute atomic E-state index is 5.84.